The minimum Gasteiger partial charge on any atom is -0.317 e. The number of aromatic nitrogens is 1. The van der Waals surface area contributed by atoms with Crippen LogP contribution in [0.2, 0.25) is 10.0 Å². The Bertz CT molecular complexity index is 1240. The van der Waals surface area contributed by atoms with Gasteiger partial charge in [-0.1, -0.05) is 51.3 Å². The number of imide groups is 2. The van der Waals surface area contributed by atoms with Crippen molar-refractivity contribution in [2.45, 2.75) is 0 Å². The van der Waals surface area contributed by atoms with Gasteiger partial charge in [-0.3, -0.25) is 14.9 Å². The summed E-state index contributed by atoms with van der Waals surface area (Å²) in [5, 5.41) is 2.39. The van der Waals surface area contributed by atoms with Crippen molar-refractivity contribution in [3.8, 4) is 5.69 Å². The molecule has 4 rings (SSSR count). The Balaban J connectivity index is 1.78. The maximum atomic E-state index is 13.1. The van der Waals surface area contributed by atoms with Crippen LogP contribution in [0, 0.1) is 0 Å². The molecule has 1 saturated heterocycles. The highest BCUT2D eigenvalue weighted by Gasteiger charge is 2.38. The van der Waals surface area contributed by atoms with E-state index < -0.39 is 17.8 Å². The zero-order valence-electron chi connectivity index (χ0n) is 15.1. The number of hydrogen-bond acceptors (Lipinski definition) is 3. The summed E-state index contributed by atoms with van der Waals surface area (Å²) in [7, 11) is 0. The summed E-state index contributed by atoms with van der Waals surface area (Å²) < 4.78 is 2.69. The quantitative estimate of drug-likeness (QED) is 0.393. The number of amides is 4. The van der Waals surface area contributed by atoms with Crippen LogP contribution in [0.4, 0.5) is 10.5 Å². The van der Waals surface area contributed by atoms with Gasteiger partial charge in [-0.25, -0.2) is 9.69 Å². The van der Waals surface area contributed by atoms with E-state index in [0.29, 0.717) is 5.69 Å². The summed E-state index contributed by atoms with van der Waals surface area (Å²) in [5.74, 6) is -1.59. The second-order valence-corrected chi connectivity index (χ2v) is 8.01. The Kier molecular flexibility index (Phi) is 5.51. The summed E-state index contributed by atoms with van der Waals surface area (Å²) in [5.41, 5.74) is 1.29. The van der Waals surface area contributed by atoms with E-state index in [0.717, 1.165) is 15.1 Å². The monoisotopic (exact) mass is 503 g/mol. The molecule has 0 unspecified atom stereocenters. The molecule has 30 heavy (non-hydrogen) atoms. The molecule has 3 aromatic rings. The van der Waals surface area contributed by atoms with E-state index in [2.05, 4.69) is 21.2 Å². The van der Waals surface area contributed by atoms with Crippen molar-refractivity contribution in [1.29, 1.82) is 0 Å². The minimum absolute atomic E-state index is 0.0360. The van der Waals surface area contributed by atoms with Crippen LogP contribution in [-0.4, -0.2) is 22.4 Å². The number of urea groups is 1. The van der Waals surface area contributed by atoms with Gasteiger partial charge in [0.15, 0.2) is 0 Å². The number of benzene rings is 2. The van der Waals surface area contributed by atoms with Crippen molar-refractivity contribution in [3.05, 3.63) is 86.6 Å². The first-order valence-electron chi connectivity index (χ1n) is 8.65. The molecule has 9 heteroatoms. The Labute approximate surface area is 189 Å². The van der Waals surface area contributed by atoms with Gasteiger partial charge in [-0.05, 0) is 48.5 Å². The Morgan fingerprint density at radius 2 is 1.73 bits per heavy atom. The molecule has 0 radical (unpaired) electrons. The van der Waals surface area contributed by atoms with Crippen molar-refractivity contribution in [2.75, 3.05) is 4.90 Å². The summed E-state index contributed by atoms with van der Waals surface area (Å²) in [6.07, 6.45) is 3.23. The molecule has 4 amide bonds. The lowest BCUT2D eigenvalue weighted by molar-refractivity contribution is -0.122. The smallest absolute Gasteiger partial charge is 0.317 e. The third-order valence-corrected chi connectivity index (χ3v) is 5.73. The number of nitrogens with zero attached hydrogens (tertiary/aromatic N) is 2. The molecule has 1 aromatic heterocycles. The fourth-order valence-corrected chi connectivity index (χ4v) is 3.83. The molecule has 2 aromatic carbocycles. The van der Waals surface area contributed by atoms with Crippen LogP contribution in [0.3, 0.4) is 0 Å². The molecule has 0 aliphatic carbocycles. The molecular weight excluding hydrogens is 493 g/mol. The van der Waals surface area contributed by atoms with E-state index >= 15 is 0 Å². The fourth-order valence-electron chi connectivity index (χ4n) is 3.06. The largest absolute Gasteiger partial charge is 0.336 e. The van der Waals surface area contributed by atoms with Crippen LogP contribution < -0.4 is 10.2 Å². The summed E-state index contributed by atoms with van der Waals surface area (Å²) in [6, 6.07) is 14.8. The maximum Gasteiger partial charge on any atom is 0.336 e. The molecule has 0 spiro atoms. The fraction of sp³-hybridized carbons (Fsp3) is 0. The van der Waals surface area contributed by atoms with Gasteiger partial charge in [0.25, 0.3) is 11.8 Å². The number of rotatable bonds is 3. The van der Waals surface area contributed by atoms with E-state index in [1.54, 1.807) is 24.4 Å². The van der Waals surface area contributed by atoms with E-state index in [9.17, 15) is 14.4 Å². The van der Waals surface area contributed by atoms with E-state index in [4.69, 9.17) is 23.2 Å². The topological polar surface area (TPSA) is 71.4 Å². The predicted molar refractivity (Wildman–Crippen MR) is 119 cm³/mol. The van der Waals surface area contributed by atoms with Crippen LogP contribution >= 0.6 is 39.1 Å². The second kappa shape index (κ2) is 8.10. The van der Waals surface area contributed by atoms with Gasteiger partial charge in [0, 0.05) is 22.1 Å². The highest BCUT2D eigenvalue weighted by atomic mass is 79.9. The van der Waals surface area contributed by atoms with Crippen LogP contribution in [-0.2, 0) is 9.59 Å². The number of carbonyl (C=O) groups is 3. The molecular formula is C21H12BrCl2N3O3. The second-order valence-electron chi connectivity index (χ2n) is 6.31. The summed E-state index contributed by atoms with van der Waals surface area (Å²) in [6.45, 7) is 0. The zero-order valence-corrected chi connectivity index (χ0v) is 18.2. The summed E-state index contributed by atoms with van der Waals surface area (Å²) in [4.78, 5) is 38.7. The van der Waals surface area contributed by atoms with Crippen molar-refractivity contribution in [3.63, 3.8) is 0 Å². The first-order valence-corrected chi connectivity index (χ1v) is 10.2. The third kappa shape index (κ3) is 3.67. The third-order valence-electron chi connectivity index (χ3n) is 4.43. The molecule has 1 N–H and O–H groups in total. The number of hydrogen-bond donors (Lipinski definition) is 1. The maximum absolute atomic E-state index is 13.1. The van der Waals surface area contributed by atoms with Crippen LogP contribution in [0.25, 0.3) is 11.8 Å². The highest BCUT2D eigenvalue weighted by molar-refractivity contribution is 9.10. The Hall–Kier alpha value is -2.87. The van der Waals surface area contributed by atoms with Gasteiger partial charge in [-0.2, -0.15) is 0 Å². The van der Waals surface area contributed by atoms with Gasteiger partial charge in [0.1, 0.15) is 5.57 Å². The van der Waals surface area contributed by atoms with Gasteiger partial charge in [0.2, 0.25) is 0 Å². The number of anilines is 1. The first kappa shape index (κ1) is 20.4. The number of halogens is 3. The normalized spacial score (nSPS) is 15.6. The van der Waals surface area contributed by atoms with Gasteiger partial charge in [-0.15, -0.1) is 0 Å². The number of carbonyl (C=O) groups excluding carboxylic acids is 3. The molecule has 2 heterocycles. The molecule has 0 atom stereocenters. The van der Waals surface area contributed by atoms with Crippen molar-refractivity contribution < 1.29 is 14.4 Å². The lowest BCUT2D eigenvalue weighted by Crippen LogP contribution is -2.54. The molecule has 150 valence electrons. The van der Waals surface area contributed by atoms with E-state index in [-0.39, 0.29) is 21.3 Å². The SMILES string of the molecule is O=C1NC(=O)N(c2cccc(Cl)c2Cl)C(=O)/C1=C/c1cccn1-c1cccc(Br)c1. The highest BCUT2D eigenvalue weighted by Crippen LogP contribution is 2.34. The van der Waals surface area contributed by atoms with Gasteiger partial charge < -0.3 is 4.57 Å². The van der Waals surface area contributed by atoms with Crippen molar-refractivity contribution >= 4 is 68.7 Å². The minimum atomic E-state index is -0.895. The van der Waals surface area contributed by atoms with Crippen LogP contribution in [0.15, 0.2) is 70.8 Å². The Morgan fingerprint density at radius 1 is 0.967 bits per heavy atom. The van der Waals surface area contributed by atoms with Crippen LogP contribution in [0.5, 0.6) is 0 Å². The standard InChI is InChI=1S/C21H12BrCl2N3O3/c22-12-4-1-5-13(10-12)26-9-3-6-14(26)11-15-19(28)25-21(30)27(20(15)29)17-8-2-7-16(23)18(17)24/h1-11H,(H,25,28,30)/b15-11+. The lowest BCUT2D eigenvalue weighted by Gasteiger charge is -2.27. The molecule has 6 nitrogen and oxygen atoms in total. The molecule has 1 fully saturated rings. The average molecular weight is 505 g/mol. The van der Waals surface area contributed by atoms with E-state index in [1.807, 2.05) is 28.8 Å². The molecule has 0 bridgehead atoms. The number of nitrogens with one attached hydrogen (secondary N) is 1. The van der Waals surface area contributed by atoms with Crippen molar-refractivity contribution in [2.24, 2.45) is 0 Å². The molecule has 1 aliphatic heterocycles. The summed E-state index contributed by atoms with van der Waals surface area (Å²) >= 11 is 15.6. The van der Waals surface area contributed by atoms with Crippen molar-refractivity contribution in [1.82, 2.24) is 9.88 Å². The van der Waals surface area contributed by atoms with Gasteiger partial charge in [0.05, 0.1) is 15.7 Å². The first-order chi connectivity index (χ1) is 14.4. The zero-order chi connectivity index (χ0) is 21.4. The predicted octanol–water partition coefficient (Wildman–Crippen LogP) is 5.21. The van der Waals surface area contributed by atoms with Crippen LogP contribution in [0.1, 0.15) is 5.69 Å². The molecule has 0 saturated carbocycles. The lowest BCUT2D eigenvalue weighted by atomic mass is 10.1. The van der Waals surface area contributed by atoms with E-state index in [1.165, 1.54) is 18.2 Å². The Morgan fingerprint density at radius 3 is 2.50 bits per heavy atom. The average Bonchev–Trinajstić information content (AvgIpc) is 3.16. The van der Waals surface area contributed by atoms with Gasteiger partial charge >= 0.3 is 6.03 Å². The molecule has 1 aliphatic rings. The number of barbiturate groups is 1.